The maximum atomic E-state index is 6.60. The number of hydrogen-bond acceptors (Lipinski definition) is 3. The fourth-order valence-electron chi connectivity index (χ4n) is 6.36. The van der Waals surface area contributed by atoms with Gasteiger partial charge in [-0.05, 0) is 46.6 Å². The third-order valence-electron chi connectivity index (χ3n) is 8.79. The summed E-state index contributed by atoms with van der Waals surface area (Å²) in [6.07, 6.45) is 3.75. The van der Waals surface area contributed by atoms with Crippen molar-refractivity contribution in [1.82, 2.24) is 14.5 Å². The number of nitrogens with zero attached hydrogens (tertiary/aromatic N) is 3. The molecule has 49 heavy (non-hydrogen) atoms. The van der Waals surface area contributed by atoms with Crippen LogP contribution in [0.25, 0.3) is 71.9 Å². The number of pyridine rings is 2. The minimum Gasteiger partial charge on any atom is -0.498 e. The Morgan fingerprint density at radius 1 is 0.571 bits per heavy atom. The smallest absolute Gasteiger partial charge is 0.144 e. The van der Waals surface area contributed by atoms with Gasteiger partial charge in [0.15, 0.2) is 0 Å². The Morgan fingerprint density at radius 3 is 1.92 bits per heavy atom. The molecule has 0 bridgehead atoms. The molecule has 5 heteroatoms. The number of aromatic nitrogens is 3. The van der Waals surface area contributed by atoms with E-state index < -0.39 is 0 Å². The zero-order chi connectivity index (χ0) is 32.7. The van der Waals surface area contributed by atoms with Gasteiger partial charge in [0, 0.05) is 48.7 Å². The summed E-state index contributed by atoms with van der Waals surface area (Å²) in [5.74, 6) is 0. The van der Waals surface area contributed by atoms with E-state index in [-0.39, 0.29) is 25.5 Å². The average molecular weight is 812 g/mol. The second kappa shape index (κ2) is 13.3. The number of fused-ring (bicyclic) bond motifs is 6. The van der Waals surface area contributed by atoms with Gasteiger partial charge >= 0.3 is 0 Å². The van der Waals surface area contributed by atoms with Crippen molar-refractivity contribution in [2.45, 2.75) is 26.2 Å². The van der Waals surface area contributed by atoms with Gasteiger partial charge < -0.3 is 19.0 Å². The summed E-state index contributed by atoms with van der Waals surface area (Å²) in [6, 6.07) is 52.0. The molecule has 0 unspecified atom stereocenters. The Labute approximate surface area is 299 Å². The summed E-state index contributed by atoms with van der Waals surface area (Å²) in [7, 11) is 0. The van der Waals surface area contributed by atoms with Crippen molar-refractivity contribution in [3.05, 3.63) is 164 Å². The Bertz CT molecular complexity index is 2470. The molecule has 241 valence electrons. The van der Waals surface area contributed by atoms with Crippen molar-refractivity contribution in [2.75, 3.05) is 0 Å². The minimum atomic E-state index is 0. The van der Waals surface area contributed by atoms with Crippen LogP contribution in [0.1, 0.15) is 26.3 Å². The van der Waals surface area contributed by atoms with E-state index in [9.17, 15) is 0 Å². The predicted octanol–water partition coefficient (Wildman–Crippen LogP) is 11.4. The molecule has 4 nitrogen and oxygen atoms in total. The van der Waals surface area contributed by atoms with Gasteiger partial charge in [-0.15, -0.1) is 54.1 Å². The van der Waals surface area contributed by atoms with Crippen molar-refractivity contribution >= 4 is 43.7 Å². The maximum absolute atomic E-state index is 6.60. The normalized spacial score (nSPS) is 11.4. The van der Waals surface area contributed by atoms with E-state index in [2.05, 4.69) is 132 Å². The number of para-hydroxylation sites is 3. The van der Waals surface area contributed by atoms with Gasteiger partial charge in [0.05, 0.1) is 22.3 Å². The van der Waals surface area contributed by atoms with Gasteiger partial charge in [-0.1, -0.05) is 105 Å². The molecule has 1 radical (unpaired) electrons. The molecule has 0 N–H and O–H groups in total. The maximum Gasteiger partial charge on any atom is 0.144 e. The molecule has 0 saturated heterocycles. The molecule has 0 spiro atoms. The summed E-state index contributed by atoms with van der Waals surface area (Å²) >= 11 is 0. The molecular weight excluding hydrogens is 779 g/mol. The quantitative estimate of drug-likeness (QED) is 0.167. The van der Waals surface area contributed by atoms with Crippen LogP contribution in [0.2, 0.25) is 0 Å². The van der Waals surface area contributed by atoms with Crippen LogP contribution in [0.5, 0.6) is 0 Å². The Kier molecular flexibility index (Phi) is 8.73. The van der Waals surface area contributed by atoms with E-state index >= 15 is 0 Å². The molecule has 4 aromatic heterocycles. The van der Waals surface area contributed by atoms with Crippen LogP contribution < -0.4 is 0 Å². The van der Waals surface area contributed by atoms with Crippen LogP contribution >= 0.6 is 0 Å². The van der Waals surface area contributed by atoms with Gasteiger partial charge in [0.25, 0.3) is 0 Å². The molecule has 5 aromatic carbocycles. The molecule has 0 saturated carbocycles. The Morgan fingerprint density at radius 2 is 1.27 bits per heavy atom. The van der Waals surface area contributed by atoms with E-state index in [0.29, 0.717) is 0 Å². The second-order valence-corrected chi connectivity index (χ2v) is 12.9. The summed E-state index contributed by atoms with van der Waals surface area (Å²) in [5, 5.41) is 4.63. The number of rotatable bonds is 3. The third-order valence-corrected chi connectivity index (χ3v) is 8.79. The Balaban J connectivity index is 0.000000189. The number of furan rings is 1. The van der Waals surface area contributed by atoms with Crippen LogP contribution in [0.4, 0.5) is 0 Å². The summed E-state index contributed by atoms with van der Waals surface area (Å²) in [4.78, 5) is 9.01. The number of hydrogen-bond donors (Lipinski definition) is 0. The van der Waals surface area contributed by atoms with Crippen molar-refractivity contribution in [2.24, 2.45) is 0 Å². The van der Waals surface area contributed by atoms with E-state index in [4.69, 9.17) is 4.42 Å². The van der Waals surface area contributed by atoms with Crippen molar-refractivity contribution in [1.29, 1.82) is 0 Å². The molecule has 0 aliphatic heterocycles. The van der Waals surface area contributed by atoms with Crippen LogP contribution in [0.3, 0.4) is 0 Å². The van der Waals surface area contributed by atoms with Gasteiger partial charge in [-0.3, -0.25) is 0 Å². The minimum absolute atomic E-state index is 0. The monoisotopic (exact) mass is 812 g/mol. The average Bonchev–Trinajstić information content (AvgIpc) is 3.69. The molecule has 0 aliphatic carbocycles. The molecule has 4 heterocycles. The summed E-state index contributed by atoms with van der Waals surface area (Å²) in [5.41, 5.74) is 10.2. The molecule has 9 rings (SSSR count). The van der Waals surface area contributed by atoms with E-state index in [1.54, 1.807) is 6.20 Å². The number of benzene rings is 5. The van der Waals surface area contributed by atoms with Crippen LogP contribution in [0, 0.1) is 12.1 Å². The fraction of sp³-hybridized carbons (Fsp3) is 0.0909. The summed E-state index contributed by atoms with van der Waals surface area (Å²) < 4.78 is 8.90. The third kappa shape index (κ3) is 5.97. The van der Waals surface area contributed by atoms with Gasteiger partial charge in [0.1, 0.15) is 5.58 Å². The first-order valence-electron chi connectivity index (χ1n) is 16.2. The first-order valence-corrected chi connectivity index (χ1v) is 16.2. The van der Waals surface area contributed by atoms with Crippen molar-refractivity contribution < 1.29 is 24.5 Å². The summed E-state index contributed by atoms with van der Waals surface area (Å²) in [6.45, 7) is 6.58. The molecule has 0 aliphatic rings. The van der Waals surface area contributed by atoms with Crippen LogP contribution in [0.15, 0.2) is 150 Å². The molecule has 0 amide bonds. The van der Waals surface area contributed by atoms with Gasteiger partial charge in [-0.2, -0.15) is 0 Å². The first kappa shape index (κ1) is 32.2. The van der Waals surface area contributed by atoms with E-state index in [1.165, 1.54) is 16.3 Å². The Hall–Kier alpha value is -5.35. The van der Waals surface area contributed by atoms with Gasteiger partial charge in [-0.25, -0.2) is 0 Å². The first-order chi connectivity index (χ1) is 23.5. The second-order valence-electron chi connectivity index (χ2n) is 12.9. The van der Waals surface area contributed by atoms with E-state index in [1.807, 2.05) is 54.7 Å². The molecule has 0 atom stereocenters. The zero-order valence-electron chi connectivity index (χ0n) is 27.4. The zero-order valence-corrected chi connectivity index (χ0v) is 29.8. The molecular formula is C44H33IrN3O-2. The van der Waals surface area contributed by atoms with Crippen LogP contribution in [-0.2, 0) is 25.5 Å². The van der Waals surface area contributed by atoms with Crippen molar-refractivity contribution in [3.63, 3.8) is 0 Å². The predicted molar refractivity (Wildman–Crippen MR) is 197 cm³/mol. The van der Waals surface area contributed by atoms with E-state index in [0.717, 1.165) is 61.2 Å². The van der Waals surface area contributed by atoms with Crippen LogP contribution in [-0.4, -0.2) is 14.5 Å². The molecule has 0 fully saturated rings. The molecule has 9 aromatic rings. The SMILES string of the molecule is CC(C)(C)c1ccc(-c2[c-]cccc2)nc1.[Ir].[c-]1ccc2c(oc3c(-n4c5ccccc5c5ccccc54)cccc32)c1-c1ccccn1. The fourth-order valence-corrected chi connectivity index (χ4v) is 6.36. The standard InChI is InChI=1S/C29H17N2O.C15H16N.Ir/c1-3-15-25-19(9-1)20-10-2-4-16-26(20)31(25)27-17-8-12-22-21-11-7-13-23(28(21)32-29(22)27)24-14-5-6-18-30-24;1-15(2,3)13-9-10-14(16-11-13)12-7-5-4-6-8-12;/h1-12,14-18H;4-7,9-11H,1-3H3;/q2*-1;. The topological polar surface area (TPSA) is 43.9 Å². The largest absolute Gasteiger partial charge is 0.498 e. The van der Waals surface area contributed by atoms with Crippen molar-refractivity contribution in [3.8, 4) is 28.2 Å². The van der Waals surface area contributed by atoms with Gasteiger partial charge in [0.2, 0.25) is 0 Å².